The summed E-state index contributed by atoms with van der Waals surface area (Å²) >= 11 is 0.728. The number of hydrogen-bond donors (Lipinski definition) is 3. The van der Waals surface area contributed by atoms with E-state index in [4.69, 9.17) is 0 Å². The molecule has 2 aliphatic heterocycles. The van der Waals surface area contributed by atoms with Gasteiger partial charge in [-0.25, -0.2) is 18.7 Å². The number of halogens is 5. The van der Waals surface area contributed by atoms with Gasteiger partial charge in [-0.1, -0.05) is 0 Å². The van der Waals surface area contributed by atoms with Gasteiger partial charge >= 0.3 is 6.18 Å². The zero-order valence-corrected chi connectivity index (χ0v) is 23.6. The Hall–Kier alpha value is -2.87. The first kappa shape index (κ1) is 29.6. The SMILES string of the molecule is C[C@@H](NC(=O)c1nc(C(=O)N2[C@H]3CC[C@H]2CC3)c(-c2cnc(N[C@@H](C3CC3)C(F)(F)F)cc2C(F)F)s1)C(C)(C)O. The Bertz CT molecular complexity index is 1300. The predicted molar refractivity (Wildman–Crippen MR) is 142 cm³/mol. The van der Waals surface area contributed by atoms with Gasteiger partial charge in [0.2, 0.25) is 0 Å². The average molecular weight is 602 g/mol. The maximum atomic E-state index is 14.4. The van der Waals surface area contributed by atoms with Crippen LogP contribution in [0, 0.1) is 5.92 Å². The van der Waals surface area contributed by atoms with Gasteiger partial charge in [0, 0.05) is 29.4 Å². The van der Waals surface area contributed by atoms with Crippen molar-refractivity contribution in [2.75, 3.05) is 5.32 Å². The van der Waals surface area contributed by atoms with Crippen molar-refractivity contribution in [1.82, 2.24) is 20.2 Å². The van der Waals surface area contributed by atoms with Crippen LogP contribution < -0.4 is 10.6 Å². The third-order valence-electron chi connectivity index (χ3n) is 8.28. The highest BCUT2D eigenvalue weighted by Gasteiger charge is 2.49. The molecular weight excluding hydrogens is 569 g/mol. The lowest BCUT2D eigenvalue weighted by Crippen LogP contribution is -2.47. The predicted octanol–water partition coefficient (Wildman–Crippen LogP) is 5.55. The highest BCUT2D eigenvalue weighted by molar-refractivity contribution is 7.17. The Morgan fingerprint density at radius 1 is 1.10 bits per heavy atom. The first-order valence-corrected chi connectivity index (χ1v) is 14.4. The summed E-state index contributed by atoms with van der Waals surface area (Å²) in [5, 5.41) is 15.0. The minimum atomic E-state index is -4.58. The van der Waals surface area contributed by atoms with Crippen molar-refractivity contribution in [2.45, 2.75) is 102 Å². The van der Waals surface area contributed by atoms with E-state index < -0.39 is 53.6 Å². The first-order valence-electron chi connectivity index (χ1n) is 13.6. The number of rotatable bonds is 9. The first-order chi connectivity index (χ1) is 19.1. The van der Waals surface area contributed by atoms with Crippen molar-refractivity contribution in [3.8, 4) is 10.4 Å². The second-order valence-corrected chi connectivity index (χ2v) is 12.7. The van der Waals surface area contributed by atoms with Crippen molar-refractivity contribution in [3.05, 3.63) is 28.5 Å². The molecule has 3 N–H and O–H groups in total. The van der Waals surface area contributed by atoms with Gasteiger partial charge in [-0.3, -0.25) is 9.59 Å². The van der Waals surface area contributed by atoms with Crippen LogP contribution in [0.5, 0.6) is 0 Å². The minimum absolute atomic E-state index is 0.00414. The molecule has 8 nitrogen and oxygen atoms in total. The molecule has 2 aromatic rings. The molecule has 3 aliphatic rings. The molecule has 3 fully saturated rings. The third-order valence-corrected chi connectivity index (χ3v) is 9.37. The zero-order chi connectivity index (χ0) is 29.9. The van der Waals surface area contributed by atoms with Crippen LogP contribution in [-0.2, 0) is 0 Å². The van der Waals surface area contributed by atoms with E-state index in [0.29, 0.717) is 12.8 Å². The molecule has 0 radical (unpaired) electrons. The molecule has 0 spiro atoms. The van der Waals surface area contributed by atoms with Crippen LogP contribution in [0.4, 0.5) is 27.8 Å². The Kier molecular flexibility index (Phi) is 7.77. The molecule has 1 saturated carbocycles. The second-order valence-electron chi connectivity index (χ2n) is 11.7. The number of aromatic nitrogens is 2. The van der Waals surface area contributed by atoms with E-state index in [-0.39, 0.29) is 39.0 Å². The second kappa shape index (κ2) is 10.8. The molecule has 14 heteroatoms. The number of fused-ring (bicyclic) bond motifs is 2. The molecule has 224 valence electrons. The Morgan fingerprint density at radius 2 is 1.71 bits per heavy atom. The van der Waals surface area contributed by atoms with E-state index in [9.17, 15) is 36.6 Å². The van der Waals surface area contributed by atoms with Crippen molar-refractivity contribution in [3.63, 3.8) is 0 Å². The summed E-state index contributed by atoms with van der Waals surface area (Å²) in [4.78, 5) is 36.8. The number of alkyl halides is 5. The number of thiazole rings is 1. The van der Waals surface area contributed by atoms with Gasteiger partial charge in [0.1, 0.15) is 17.6 Å². The molecule has 2 saturated heterocycles. The summed E-state index contributed by atoms with van der Waals surface area (Å²) < 4.78 is 69.4. The quantitative estimate of drug-likeness (QED) is 0.326. The van der Waals surface area contributed by atoms with Crippen LogP contribution in [0.15, 0.2) is 12.3 Å². The van der Waals surface area contributed by atoms with Crippen molar-refractivity contribution < 1.29 is 36.6 Å². The zero-order valence-electron chi connectivity index (χ0n) is 22.8. The minimum Gasteiger partial charge on any atom is -0.388 e. The molecule has 1 aliphatic carbocycles. The lowest BCUT2D eigenvalue weighted by atomic mass is 10.0. The number of pyridine rings is 1. The Balaban J connectivity index is 1.54. The summed E-state index contributed by atoms with van der Waals surface area (Å²) in [6.45, 7) is 4.60. The lowest BCUT2D eigenvalue weighted by molar-refractivity contribution is -0.146. The van der Waals surface area contributed by atoms with E-state index >= 15 is 0 Å². The number of amides is 2. The highest BCUT2D eigenvalue weighted by atomic mass is 32.1. The number of nitrogens with zero attached hydrogens (tertiary/aromatic N) is 3. The topological polar surface area (TPSA) is 107 Å². The van der Waals surface area contributed by atoms with Gasteiger partial charge in [0.25, 0.3) is 18.2 Å². The standard InChI is InChI=1S/C27H32F5N5O3S/c1-12(26(2,3)40)34-23(38)24-36-19(25(39)37-14-6-7-15(37)9-8-14)20(41-24)17-11-33-18(10-16(17)22(28)29)35-21(13-4-5-13)27(30,31)32/h10-15,21-22,40H,4-9H2,1-3H3,(H,33,35)(H,34,38)/t12-,14-,15-,21+/m1/s1. The largest absolute Gasteiger partial charge is 0.408 e. The molecule has 0 aromatic carbocycles. The van der Waals surface area contributed by atoms with Crippen LogP contribution in [0.2, 0.25) is 0 Å². The van der Waals surface area contributed by atoms with E-state index in [1.807, 2.05) is 0 Å². The monoisotopic (exact) mass is 601 g/mol. The molecule has 2 atom stereocenters. The molecule has 4 heterocycles. The van der Waals surface area contributed by atoms with Gasteiger partial charge in [-0.2, -0.15) is 13.2 Å². The number of nitrogens with one attached hydrogen (secondary N) is 2. The molecule has 2 amide bonds. The highest BCUT2D eigenvalue weighted by Crippen LogP contribution is 2.44. The maximum Gasteiger partial charge on any atom is 0.408 e. The summed E-state index contributed by atoms with van der Waals surface area (Å²) in [6, 6.07) is -1.76. The van der Waals surface area contributed by atoms with Crippen LogP contribution >= 0.6 is 11.3 Å². The fourth-order valence-electron chi connectivity index (χ4n) is 5.52. The van der Waals surface area contributed by atoms with Gasteiger partial charge in [-0.15, -0.1) is 11.3 Å². The summed E-state index contributed by atoms with van der Waals surface area (Å²) in [5.74, 6) is -2.19. The fourth-order valence-corrected chi connectivity index (χ4v) is 6.51. The fraction of sp³-hybridized carbons (Fsp3) is 0.630. The summed E-state index contributed by atoms with van der Waals surface area (Å²) in [5.41, 5.74) is -2.25. The van der Waals surface area contributed by atoms with Crippen molar-refractivity contribution >= 4 is 29.0 Å². The number of carbonyl (C=O) groups excluding carboxylic acids is 2. The summed E-state index contributed by atoms with van der Waals surface area (Å²) in [6.07, 6.45) is -2.67. The van der Waals surface area contributed by atoms with Gasteiger partial charge in [-0.05, 0) is 71.3 Å². The number of hydrogen-bond acceptors (Lipinski definition) is 7. The Labute approximate surface area is 237 Å². The third kappa shape index (κ3) is 6.04. The molecule has 41 heavy (non-hydrogen) atoms. The lowest BCUT2D eigenvalue weighted by Gasteiger charge is -2.26. The van der Waals surface area contributed by atoms with Crippen LogP contribution in [0.1, 0.15) is 91.6 Å². The Morgan fingerprint density at radius 3 is 2.22 bits per heavy atom. The smallest absolute Gasteiger partial charge is 0.388 e. The number of anilines is 1. The van der Waals surface area contributed by atoms with E-state index in [1.54, 1.807) is 11.8 Å². The molecule has 2 aromatic heterocycles. The van der Waals surface area contributed by atoms with Gasteiger partial charge in [0.05, 0.1) is 16.5 Å². The van der Waals surface area contributed by atoms with E-state index in [0.717, 1.165) is 49.3 Å². The normalized spacial score (nSPS) is 22.2. The van der Waals surface area contributed by atoms with Gasteiger partial charge < -0.3 is 20.6 Å². The van der Waals surface area contributed by atoms with Crippen molar-refractivity contribution in [2.24, 2.45) is 5.92 Å². The van der Waals surface area contributed by atoms with Crippen LogP contribution in [0.25, 0.3) is 10.4 Å². The van der Waals surface area contributed by atoms with Crippen molar-refractivity contribution in [1.29, 1.82) is 0 Å². The maximum absolute atomic E-state index is 14.4. The van der Waals surface area contributed by atoms with E-state index in [2.05, 4.69) is 20.6 Å². The number of aliphatic hydroxyl groups is 1. The van der Waals surface area contributed by atoms with Crippen LogP contribution in [0.3, 0.4) is 0 Å². The van der Waals surface area contributed by atoms with E-state index in [1.165, 1.54) is 13.8 Å². The molecule has 0 unspecified atom stereocenters. The molecule has 5 rings (SSSR count). The molecule has 2 bridgehead atoms. The molecular formula is C27H32F5N5O3S. The number of carbonyl (C=O) groups is 2. The summed E-state index contributed by atoms with van der Waals surface area (Å²) in [7, 11) is 0. The average Bonchev–Trinajstić information content (AvgIpc) is 3.31. The van der Waals surface area contributed by atoms with Crippen LogP contribution in [-0.4, -0.2) is 67.7 Å². The van der Waals surface area contributed by atoms with Gasteiger partial charge in [0.15, 0.2) is 5.01 Å².